The minimum absolute atomic E-state index is 0.0624. The van der Waals surface area contributed by atoms with Crippen LogP contribution in [0, 0.1) is 0 Å². The third kappa shape index (κ3) is 7.25. The van der Waals surface area contributed by atoms with Crippen LogP contribution >= 0.6 is 0 Å². The first kappa shape index (κ1) is 19.9. The molecule has 0 aliphatic heterocycles. The van der Waals surface area contributed by atoms with Crippen LogP contribution in [0.2, 0.25) is 0 Å². The normalized spacial score (nSPS) is 11.1. The number of nitrogens with one attached hydrogen (secondary N) is 2. The Morgan fingerprint density at radius 3 is 2.23 bits per heavy atom. The van der Waals surface area contributed by atoms with Crippen LogP contribution in [0.4, 0.5) is 0 Å². The average molecular weight is 376 g/mol. The molecule has 2 N–H and O–H groups in total. The predicted molar refractivity (Wildman–Crippen MR) is 100 cm³/mol. The summed E-state index contributed by atoms with van der Waals surface area (Å²) in [4.78, 5) is 12.0. The summed E-state index contributed by atoms with van der Waals surface area (Å²) in [5, 5.41) is 2.78. The molecule has 2 rings (SSSR count). The highest BCUT2D eigenvalue weighted by Crippen LogP contribution is 2.08. The van der Waals surface area contributed by atoms with E-state index in [0.717, 1.165) is 5.75 Å². The van der Waals surface area contributed by atoms with Gasteiger partial charge >= 0.3 is 0 Å². The first-order chi connectivity index (χ1) is 12.6. The van der Waals surface area contributed by atoms with E-state index < -0.39 is 10.0 Å². The fourth-order valence-electron chi connectivity index (χ4n) is 2.26. The number of carbonyl (C=O) groups excluding carboxylic acids is 1. The fraction of sp³-hybridized carbons (Fsp3) is 0.316. The number of unbranched alkanes of at least 4 members (excludes halogenated alkanes) is 1. The van der Waals surface area contributed by atoms with Gasteiger partial charge in [-0.1, -0.05) is 36.4 Å². The molecule has 140 valence electrons. The maximum absolute atomic E-state index is 12.0. The van der Waals surface area contributed by atoms with Gasteiger partial charge in [0.15, 0.2) is 0 Å². The van der Waals surface area contributed by atoms with E-state index in [4.69, 9.17) is 4.74 Å². The first-order valence-electron chi connectivity index (χ1n) is 8.57. The summed E-state index contributed by atoms with van der Waals surface area (Å²) in [6.45, 7) is 1.16. The van der Waals surface area contributed by atoms with Crippen molar-refractivity contribution in [3.63, 3.8) is 0 Å². The lowest BCUT2D eigenvalue weighted by molar-refractivity contribution is -0.121. The summed E-state index contributed by atoms with van der Waals surface area (Å²) < 4.78 is 32.1. The molecule has 0 fully saturated rings. The van der Waals surface area contributed by atoms with Crippen LogP contribution in [-0.2, 0) is 14.8 Å². The molecule has 0 saturated heterocycles. The molecule has 0 bridgehead atoms. The zero-order chi connectivity index (χ0) is 18.7. The number of hydrogen-bond donors (Lipinski definition) is 2. The molecular weight excluding hydrogens is 352 g/mol. The van der Waals surface area contributed by atoms with Crippen molar-refractivity contribution in [2.75, 3.05) is 19.7 Å². The van der Waals surface area contributed by atoms with E-state index in [9.17, 15) is 13.2 Å². The zero-order valence-electron chi connectivity index (χ0n) is 14.6. The third-order valence-corrected chi connectivity index (χ3v) is 5.09. The lowest BCUT2D eigenvalue weighted by Crippen LogP contribution is -2.28. The van der Waals surface area contributed by atoms with Crippen LogP contribution in [0.3, 0.4) is 0 Å². The molecule has 2 aromatic carbocycles. The molecular formula is C19H24N2O4S. The van der Waals surface area contributed by atoms with Gasteiger partial charge in [-0.3, -0.25) is 4.79 Å². The van der Waals surface area contributed by atoms with Gasteiger partial charge in [0.2, 0.25) is 15.9 Å². The molecule has 0 atom stereocenters. The van der Waals surface area contributed by atoms with E-state index in [1.165, 1.54) is 0 Å². The molecule has 0 spiro atoms. The molecule has 2 aromatic rings. The second kappa shape index (κ2) is 10.6. The number of sulfonamides is 1. The monoisotopic (exact) mass is 376 g/mol. The Morgan fingerprint density at radius 2 is 1.54 bits per heavy atom. The van der Waals surface area contributed by atoms with Gasteiger partial charge in [-0.25, -0.2) is 13.1 Å². The molecule has 0 aliphatic rings. The number of benzene rings is 2. The summed E-state index contributed by atoms with van der Waals surface area (Å²) in [6.07, 6.45) is 1.57. The highest BCUT2D eigenvalue weighted by Gasteiger charge is 2.12. The predicted octanol–water partition coefficient (Wildman–Crippen LogP) is 2.33. The van der Waals surface area contributed by atoms with Crippen molar-refractivity contribution < 1.29 is 17.9 Å². The van der Waals surface area contributed by atoms with E-state index in [-0.39, 0.29) is 10.8 Å². The molecule has 6 nitrogen and oxygen atoms in total. The van der Waals surface area contributed by atoms with E-state index in [0.29, 0.717) is 39.0 Å². The summed E-state index contributed by atoms with van der Waals surface area (Å²) >= 11 is 0. The molecule has 0 saturated carbocycles. The van der Waals surface area contributed by atoms with Gasteiger partial charge in [0.25, 0.3) is 0 Å². The van der Waals surface area contributed by atoms with Gasteiger partial charge in [0, 0.05) is 13.0 Å². The smallest absolute Gasteiger partial charge is 0.240 e. The van der Waals surface area contributed by atoms with Gasteiger partial charge in [-0.15, -0.1) is 0 Å². The SMILES string of the molecule is O=C(CCCCNS(=O)(=O)c1ccccc1)NCCOc1ccccc1. The van der Waals surface area contributed by atoms with Crippen LogP contribution in [-0.4, -0.2) is 34.0 Å². The minimum atomic E-state index is -3.47. The molecule has 7 heteroatoms. The van der Waals surface area contributed by atoms with Crippen LogP contribution in [0.5, 0.6) is 5.75 Å². The average Bonchev–Trinajstić information content (AvgIpc) is 2.66. The van der Waals surface area contributed by atoms with Gasteiger partial charge < -0.3 is 10.1 Å². The third-order valence-electron chi connectivity index (χ3n) is 3.61. The number of para-hydroxylation sites is 1. The van der Waals surface area contributed by atoms with Gasteiger partial charge in [0.1, 0.15) is 12.4 Å². The second-order valence-corrected chi connectivity index (χ2v) is 7.45. The van der Waals surface area contributed by atoms with Crippen molar-refractivity contribution in [2.24, 2.45) is 0 Å². The quantitative estimate of drug-likeness (QED) is 0.590. The summed E-state index contributed by atoms with van der Waals surface area (Å²) in [6, 6.07) is 17.6. The Labute approximate surface area is 154 Å². The first-order valence-corrected chi connectivity index (χ1v) is 10.1. The number of amides is 1. The van der Waals surface area contributed by atoms with E-state index in [1.54, 1.807) is 30.3 Å². The number of rotatable bonds is 11. The van der Waals surface area contributed by atoms with Crippen molar-refractivity contribution in [2.45, 2.75) is 24.2 Å². The van der Waals surface area contributed by atoms with Crippen molar-refractivity contribution in [1.29, 1.82) is 0 Å². The van der Waals surface area contributed by atoms with Crippen LogP contribution in [0.15, 0.2) is 65.6 Å². The van der Waals surface area contributed by atoms with Crippen molar-refractivity contribution in [3.8, 4) is 5.75 Å². The Kier molecular flexibility index (Phi) is 8.11. The molecule has 1 amide bonds. The Hall–Kier alpha value is -2.38. The minimum Gasteiger partial charge on any atom is -0.492 e. The lowest BCUT2D eigenvalue weighted by atomic mass is 10.2. The van der Waals surface area contributed by atoms with E-state index in [2.05, 4.69) is 10.0 Å². The highest BCUT2D eigenvalue weighted by atomic mass is 32.2. The molecule has 0 aliphatic carbocycles. The largest absolute Gasteiger partial charge is 0.492 e. The van der Waals surface area contributed by atoms with Gasteiger partial charge in [-0.05, 0) is 37.1 Å². The molecule has 0 heterocycles. The van der Waals surface area contributed by atoms with Crippen molar-refractivity contribution in [3.05, 3.63) is 60.7 Å². The standard InChI is InChI=1S/C19H24N2O4S/c22-19(20-15-16-25-17-9-3-1-4-10-17)13-7-8-14-21-26(23,24)18-11-5-2-6-12-18/h1-6,9-12,21H,7-8,13-16H2,(H,20,22). The van der Waals surface area contributed by atoms with Crippen molar-refractivity contribution >= 4 is 15.9 Å². The summed E-state index contributed by atoms with van der Waals surface area (Å²) in [5.41, 5.74) is 0. The summed E-state index contributed by atoms with van der Waals surface area (Å²) in [5.74, 6) is 0.708. The van der Waals surface area contributed by atoms with Gasteiger partial charge in [0.05, 0.1) is 11.4 Å². The number of ether oxygens (including phenoxy) is 1. The number of hydrogen-bond acceptors (Lipinski definition) is 4. The highest BCUT2D eigenvalue weighted by molar-refractivity contribution is 7.89. The maximum Gasteiger partial charge on any atom is 0.240 e. The number of carbonyl (C=O) groups is 1. The van der Waals surface area contributed by atoms with E-state index in [1.807, 2.05) is 30.3 Å². The van der Waals surface area contributed by atoms with Crippen LogP contribution < -0.4 is 14.8 Å². The zero-order valence-corrected chi connectivity index (χ0v) is 15.4. The maximum atomic E-state index is 12.0. The summed E-state index contributed by atoms with van der Waals surface area (Å²) in [7, 11) is -3.47. The van der Waals surface area contributed by atoms with Gasteiger partial charge in [-0.2, -0.15) is 0 Å². The lowest BCUT2D eigenvalue weighted by Gasteiger charge is -2.08. The Balaban J connectivity index is 1.53. The molecule has 0 aromatic heterocycles. The molecule has 26 heavy (non-hydrogen) atoms. The second-order valence-electron chi connectivity index (χ2n) is 5.68. The van der Waals surface area contributed by atoms with Crippen LogP contribution in [0.1, 0.15) is 19.3 Å². The Morgan fingerprint density at radius 1 is 0.885 bits per heavy atom. The van der Waals surface area contributed by atoms with Crippen LogP contribution in [0.25, 0.3) is 0 Å². The van der Waals surface area contributed by atoms with Crippen molar-refractivity contribution in [1.82, 2.24) is 10.0 Å². The molecule has 0 unspecified atom stereocenters. The molecule has 0 radical (unpaired) electrons. The Bertz CT molecular complexity index is 765. The fourth-order valence-corrected chi connectivity index (χ4v) is 3.36. The topological polar surface area (TPSA) is 84.5 Å². The van der Waals surface area contributed by atoms with E-state index >= 15 is 0 Å².